The molecular formula is C16H23N3. The number of nitrogens with zero attached hydrogens (tertiary/aromatic N) is 2. The minimum atomic E-state index is 0.348. The van der Waals surface area contributed by atoms with Crippen molar-refractivity contribution in [3.05, 3.63) is 54.1 Å². The maximum absolute atomic E-state index is 4.40. The third kappa shape index (κ3) is 3.67. The van der Waals surface area contributed by atoms with Gasteiger partial charge in [-0.05, 0) is 18.5 Å². The zero-order chi connectivity index (χ0) is 13.5. The second-order valence-corrected chi connectivity index (χ2v) is 4.77. The highest BCUT2D eigenvalue weighted by atomic mass is 15.1. The third-order valence-electron chi connectivity index (χ3n) is 3.34. The highest BCUT2D eigenvalue weighted by Crippen LogP contribution is 2.16. The van der Waals surface area contributed by atoms with Crippen molar-refractivity contribution < 1.29 is 0 Å². The van der Waals surface area contributed by atoms with Crippen LogP contribution in [0.25, 0.3) is 0 Å². The summed E-state index contributed by atoms with van der Waals surface area (Å²) in [5, 5.41) is 3.63. The van der Waals surface area contributed by atoms with E-state index in [0.29, 0.717) is 6.04 Å². The maximum atomic E-state index is 4.40. The summed E-state index contributed by atoms with van der Waals surface area (Å²) in [6, 6.07) is 11.0. The quantitative estimate of drug-likeness (QED) is 0.825. The van der Waals surface area contributed by atoms with E-state index >= 15 is 0 Å². The summed E-state index contributed by atoms with van der Waals surface area (Å²) >= 11 is 0. The fourth-order valence-corrected chi connectivity index (χ4v) is 2.31. The van der Waals surface area contributed by atoms with Gasteiger partial charge in [-0.1, -0.05) is 44.2 Å². The zero-order valence-corrected chi connectivity index (χ0v) is 11.8. The number of aromatic nitrogens is 2. The Labute approximate surface area is 115 Å². The van der Waals surface area contributed by atoms with Crippen molar-refractivity contribution in [2.24, 2.45) is 0 Å². The Morgan fingerprint density at radius 3 is 2.68 bits per heavy atom. The van der Waals surface area contributed by atoms with Crippen LogP contribution in [0, 0.1) is 0 Å². The first kappa shape index (κ1) is 13.8. The minimum absolute atomic E-state index is 0.348. The van der Waals surface area contributed by atoms with E-state index in [9.17, 15) is 0 Å². The molecule has 0 saturated heterocycles. The summed E-state index contributed by atoms with van der Waals surface area (Å²) in [6.07, 6.45) is 6.08. The van der Waals surface area contributed by atoms with Crippen LogP contribution in [0.3, 0.4) is 0 Å². The van der Waals surface area contributed by atoms with E-state index in [1.165, 1.54) is 5.56 Å². The molecule has 0 aliphatic carbocycles. The standard InChI is InChI=1S/C16H23N3/c1-3-10-17-15(14-8-6-5-7-9-14)13-19-12-11-18-16(19)4-2/h5-9,11-12,15,17H,3-4,10,13H2,1-2H3. The van der Waals surface area contributed by atoms with Gasteiger partial charge in [0.25, 0.3) is 0 Å². The molecule has 3 heteroatoms. The first-order chi connectivity index (χ1) is 9.35. The fourth-order valence-electron chi connectivity index (χ4n) is 2.31. The maximum Gasteiger partial charge on any atom is 0.108 e. The number of hydrogen-bond donors (Lipinski definition) is 1. The lowest BCUT2D eigenvalue weighted by atomic mass is 10.1. The monoisotopic (exact) mass is 257 g/mol. The molecule has 0 spiro atoms. The van der Waals surface area contributed by atoms with Gasteiger partial charge in [0.15, 0.2) is 0 Å². The number of aryl methyl sites for hydroxylation is 1. The first-order valence-electron chi connectivity index (χ1n) is 7.13. The molecule has 2 rings (SSSR count). The molecule has 0 aliphatic heterocycles. The summed E-state index contributed by atoms with van der Waals surface area (Å²) in [5.74, 6) is 1.15. The largest absolute Gasteiger partial charge is 0.333 e. The molecule has 1 aromatic carbocycles. The molecule has 1 unspecified atom stereocenters. The summed E-state index contributed by atoms with van der Waals surface area (Å²) in [4.78, 5) is 4.40. The van der Waals surface area contributed by atoms with Gasteiger partial charge in [0, 0.05) is 25.4 Å². The van der Waals surface area contributed by atoms with Crippen molar-refractivity contribution in [1.82, 2.24) is 14.9 Å². The third-order valence-corrected chi connectivity index (χ3v) is 3.34. The van der Waals surface area contributed by atoms with E-state index in [0.717, 1.165) is 31.8 Å². The molecular weight excluding hydrogens is 234 g/mol. The van der Waals surface area contributed by atoms with Gasteiger partial charge in [0.05, 0.1) is 6.04 Å². The predicted molar refractivity (Wildman–Crippen MR) is 79.1 cm³/mol. The molecule has 3 nitrogen and oxygen atoms in total. The Bertz CT molecular complexity index is 476. The lowest BCUT2D eigenvalue weighted by Crippen LogP contribution is -2.26. The summed E-state index contributed by atoms with van der Waals surface area (Å²) in [5.41, 5.74) is 1.34. The lowest BCUT2D eigenvalue weighted by molar-refractivity contribution is 0.455. The Morgan fingerprint density at radius 2 is 2.00 bits per heavy atom. The van der Waals surface area contributed by atoms with Crippen LogP contribution in [-0.2, 0) is 13.0 Å². The van der Waals surface area contributed by atoms with Crippen molar-refractivity contribution in [2.75, 3.05) is 6.54 Å². The molecule has 1 aromatic heterocycles. The zero-order valence-electron chi connectivity index (χ0n) is 11.8. The van der Waals surface area contributed by atoms with Gasteiger partial charge in [-0.15, -0.1) is 0 Å². The van der Waals surface area contributed by atoms with Crippen molar-refractivity contribution >= 4 is 0 Å². The second kappa shape index (κ2) is 7.10. The van der Waals surface area contributed by atoms with Crippen LogP contribution in [0.15, 0.2) is 42.7 Å². The Morgan fingerprint density at radius 1 is 1.21 bits per heavy atom. The van der Waals surface area contributed by atoms with Crippen LogP contribution < -0.4 is 5.32 Å². The van der Waals surface area contributed by atoms with Gasteiger partial charge < -0.3 is 9.88 Å². The molecule has 1 heterocycles. The molecule has 0 radical (unpaired) electrons. The predicted octanol–water partition coefficient (Wildman–Crippen LogP) is 3.19. The fraction of sp³-hybridized carbons (Fsp3) is 0.438. The Kier molecular flexibility index (Phi) is 5.16. The molecule has 0 amide bonds. The van der Waals surface area contributed by atoms with Gasteiger partial charge in [0.2, 0.25) is 0 Å². The van der Waals surface area contributed by atoms with Crippen LogP contribution >= 0.6 is 0 Å². The van der Waals surface area contributed by atoms with E-state index in [2.05, 4.69) is 65.2 Å². The molecule has 1 N–H and O–H groups in total. The van der Waals surface area contributed by atoms with E-state index < -0.39 is 0 Å². The summed E-state index contributed by atoms with van der Waals surface area (Å²) in [6.45, 7) is 6.32. The molecule has 1 atom stereocenters. The SMILES string of the molecule is CCCNC(Cn1ccnc1CC)c1ccccc1. The molecule has 0 aliphatic rings. The molecule has 0 fully saturated rings. The van der Waals surface area contributed by atoms with Crippen LogP contribution in [0.1, 0.15) is 37.7 Å². The van der Waals surface area contributed by atoms with Gasteiger partial charge in [-0.3, -0.25) is 0 Å². The summed E-state index contributed by atoms with van der Waals surface area (Å²) in [7, 11) is 0. The number of benzene rings is 1. The minimum Gasteiger partial charge on any atom is -0.333 e. The molecule has 0 bridgehead atoms. The number of rotatable bonds is 7. The van der Waals surface area contributed by atoms with Crippen LogP contribution in [-0.4, -0.2) is 16.1 Å². The van der Waals surface area contributed by atoms with Crippen molar-refractivity contribution in [1.29, 1.82) is 0 Å². The number of nitrogens with one attached hydrogen (secondary N) is 1. The molecule has 0 saturated carbocycles. The molecule has 19 heavy (non-hydrogen) atoms. The Hall–Kier alpha value is -1.61. The highest BCUT2D eigenvalue weighted by molar-refractivity contribution is 5.19. The van der Waals surface area contributed by atoms with Crippen LogP contribution in [0.4, 0.5) is 0 Å². The van der Waals surface area contributed by atoms with Gasteiger partial charge in [-0.2, -0.15) is 0 Å². The van der Waals surface area contributed by atoms with Crippen molar-refractivity contribution in [3.63, 3.8) is 0 Å². The van der Waals surface area contributed by atoms with Gasteiger partial charge in [0.1, 0.15) is 5.82 Å². The summed E-state index contributed by atoms with van der Waals surface area (Å²) < 4.78 is 2.25. The number of imidazole rings is 1. The Balaban J connectivity index is 2.14. The average molecular weight is 257 g/mol. The highest BCUT2D eigenvalue weighted by Gasteiger charge is 2.12. The lowest BCUT2D eigenvalue weighted by Gasteiger charge is -2.20. The topological polar surface area (TPSA) is 29.9 Å². The van der Waals surface area contributed by atoms with Gasteiger partial charge >= 0.3 is 0 Å². The van der Waals surface area contributed by atoms with E-state index in [1.54, 1.807) is 0 Å². The van der Waals surface area contributed by atoms with E-state index in [-0.39, 0.29) is 0 Å². The van der Waals surface area contributed by atoms with E-state index in [1.807, 2.05) is 6.20 Å². The van der Waals surface area contributed by atoms with Crippen molar-refractivity contribution in [3.8, 4) is 0 Å². The van der Waals surface area contributed by atoms with Crippen LogP contribution in [0.2, 0.25) is 0 Å². The van der Waals surface area contributed by atoms with Crippen molar-refractivity contribution in [2.45, 2.75) is 39.3 Å². The smallest absolute Gasteiger partial charge is 0.108 e. The molecule has 2 aromatic rings. The van der Waals surface area contributed by atoms with E-state index in [4.69, 9.17) is 0 Å². The normalized spacial score (nSPS) is 12.5. The van der Waals surface area contributed by atoms with Gasteiger partial charge in [-0.25, -0.2) is 4.98 Å². The average Bonchev–Trinajstić information content (AvgIpc) is 2.91. The molecule has 102 valence electrons. The second-order valence-electron chi connectivity index (χ2n) is 4.77. The van der Waals surface area contributed by atoms with Crippen LogP contribution in [0.5, 0.6) is 0 Å². The first-order valence-corrected chi connectivity index (χ1v) is 7.13. The number of hydrogen-bond acceptors (Lipinski definition) is 2.